The number of aromatic nitrogens is 4. The minimum absolute atomic E-state index is 0.130. The third kappa shape index (κ3) is 3.75. The van der Waals surface area contributed by atoms with Crippen LogP contribution in [0.15, 0.2) is 12.7 Å². The Bertz CT molecular complexity index is 858. The Hall–Kier alpha value is -1.73. The number of hydrogen-bond acceptors (Lipinski definition) is 6. The van der Waals surface area contributed by atoms with Gasteiger partial charge < -0.3 is 14.6 Å². The van der Waals surface area contributed by atoms with Crippen LogP contribution in [0.2, 0.25) is 0 Å². The molecule has 1 N–H and O–H groups in total. The maximum absolute atomic E-state index is 10.4. The summed E-state index contributed by atoms with van der Waals surface area (Å²) in [5, 5.41) is 10.4. The molecule has 0 radical (unpaired) electrons. The number of fused-ring (bicyclic) bond motifs is 1. The van der Waals surface area contributed by atoms with E-state index in [1.807, 2.05) is 6.33 Å². The van der Waals surface area contributed by atoms with Gasteiger partial charge in [0.1, 0.15) is 6.33 Å². The molecule has 0 amide bonds. The second-order valence-electron chi connectivity index (χ2n) is 10.1. The summed E-state index contributed by atoms with van der Waals surface area (Å²) < 4.78 is 2.19. The van der Waals surface area contributed by atoms with Crippen LogP contribution in [-0.2, 0) is 0 Å². The first-order chi connectivity index (χ1) is 14.0. The predicted octanol–water partition coefficient (Wildman–Crippen LogP) is 3.00. The topological polar surface area (TPSA) is 70.3 Å². The fourth-order valence-corrected chi connectivity index (χ4v) is 5.94. The maximum atomic E-state index is 10.4. The second-order valence-corrected chi connectivity index (χ2v) is 10.1. The molecule has 5 rings (SSSR count). The van der Waals surface area contributed by atoms with Crippen molar-refractivity contribution in [2.45, 2.75) is 77.0 Å². The fourth-order valence-electron chi connectivity index (χ4n) is 5.94. The Morgan fingerprint density at radius 1 is 1.00 bits per heavy atom. The molecule has 158 valence electrons. The average Bonchev–Trinajstić information content (AvgIpc) is 3.36. The molecule has 2 aliphatic heterocycles. The number of anilines is 1. The van der Waals surface area contributed by atoms with Crippen LogP contribution in [0.1, 0.15) is 64.8 Å². The summed E-state index contributed by atoms with van der Waals surface area (Å²) in [4.78, 5) is 19.1. The number of piperidine rings is 1. The van der Waals surface area contributed by atoms with Gasteiger partial charge in [-0.3, -0.25) is 4.90 Å². The number of nitrogens with zero attached hydrogens (tertiary/aromatic N) is 6. The maximum Gasteiger partial charge on any atom is 0.165 e. The van der Waals surface area contributed by atoms with Crippen molar-refractivity contribution < 1.29 is 5.11 Å². The number of rotatable bonds is 3. The standard InChI is InChI=1S/C22H34N6O/c1-22(2)11-17(10-18(29)12-22)28-15-25-19-20(23-14-24-21(19)28)27-9-5-6-16(13-27)26-7-3-4-8-26/h14-18,29H,3-13H2,1-2H3/t16?,17-,18+/m1/s1. The smallest absolute Gasteiger partial charge is 0.165 e. The minimum Gasteiger partial charge on any atom is -0.393 e. The zero-order valence-corrected chi connectivity index (χ0v) is 17.8. The van der Waals surface area contributed by atoms with E-state index >= 15 is 0 Å². The Kier molecular flexibility index (Phi) is 4.98. The summed E-state index contributed by atoms with van der Waals surface area (Å²) in [6, 6.07) is 0.868. The highest BCUT2D eigenvalue weighted by Gasteiger charge is 2.35. The second kappa shape index (κ2) is 7.51. The monoisotopic (exact) mass is 398 g/mol. The molecule has 29 heavy (non-hydrogen) atoms. The minimum atomic E-state index is -0.258. The zero-order valence-electron chi connectivity index (χ0n) is 17.8. The Labute approximate surface area is 173 Å². The molecule has 1 saturated carbocycles. The molecule has 4 heterocycles. The summed E-state index contributed by atoms with van der Waals surface area (Å²) in [5.74, 6) is 0.980. The Morgan fingerprint density at radius 2 is 1.83 bits per heavy atom. The van der Waals surface area contributed by atoms with E-state index in [2.05, 4.69) is 38.2 Å². The zero-order chi connectivity index (χ0) is 20.0. The average molecular weight is 399 g/mol. The molecular weight excluding hydrogens is 364 g/mol. The number of likely N-dealkylation sites (tertiary alicyclic amines) is 1. The van der Waals surface area contributed by atoms with Gasteiger partial charge in [0.25, 0.3) is 0 Å². The lowest BCUT2D eigenvalue weighted by Crippen LogP contribution is -2.47. The van der Waals surface area contributed by atoms with E-state index in [0.29, 0.717) is 6.04 Å². The molecule has 2 saturated heterocycles. The van der Waals surface area contributed by atoms with Crippen LogP contribution in [0.25, 0.3) is 11.2 Å². The lowest BCUT2D eigenvalue weighted by molar-refractivity contribution is 0.0387. The fraction of sp³-hybridized carbons (Fsp3) is 0.773. The molecule has 0 spiro atoms. The van der Waals surface area contributed by atoms with Gasteiger partial charge in [-0.05, 0) is 63.5 Å². The molecule has 0 bridgehead atoms. The van der Waals surface area contributed by atoms with E-state index in [4.69, 9.17) is 4.98 Å². The van der Waals surface area contributed by atoms with Gasteiger partial charge in [-0.25, -0.2) is 15.0 Å². The van der Waals surface area contributed by atoms with E-state index in [-0.39, 0.29) is 17.6 Å². The first kappa shape index (κ1) is 19.2. The van der Waals surface area contributed by atoms with Gasteiger partial charge in [-0.15, -0.1) is 0 Å². The van der Waals surface area contributed by atoms with Crippen molar-refractivity contribution in [3.05, 3.63) is 12.7 Å². The predicted molar refractivity (Wildman–Crippen MR) is 114 cm³/mol. The summed E-state index contributed by atoms with van der Waals surface area (Å²) in [7, 11) is 0. The molecule has 2 aromatic rings. The van der Waals surface area contributed by atoms with Gasteiger partial charge >= 0.3 is 0 Å². The highest BCUT2D eigenvalue weighted by atomic mass is 16.3. The quantitative estimate of drug-likeness (QED) is 0.857. The number of hydrogen-bond donors (Lipinski definition) is 1. The molecule has 7 nitrogen and oxygen atoms in total. The van der Waals surface area contributed by atoms with Crippen molar-refractivity contribution in [3.63, 3.8) is 0 Å². The largest absolute Gasteiger partial charge is 0.393 e. The van der Waals surface area contributed by atoms with Crippen LogP contribution in [0, 0.1) is 5.41 Å². The van der Waals surface area contributed by atoms with Gasteiger partial charge in [0.15, 0.2) is 17.0 Å². The molecule has 1 unspecified atom stereocenters. The van der Waals surface area contributed by atoms with Gasteiger partial charge in [0.2, 0.25) is 0 Å². The highest BCUT2D eigenvalue weighted by molar-refractivity contribution is 5.83. The summed E-state index contributed by atoms with van der Waals surface area (Å²) in [5.41, 5.74) is 1.95. The molecule has 3 atom stereocenters. The van der Waals surface area contributed by atoms with Crippen molar-refractivity contribution in [3.8, 4) is 0 Å². The summed E-state index contributed by atoms with van der Waals surface area (Å²) >= 11 is 0. The van der Waals surface area contributed by atoms with Crippen molar-refractivity contribution >= 4 is 17.0 Å². The molecule has 7 heteroatoms. The summed E-state index contributed by atoms with van der Waals surface area (Å²) in [6.45, 7) is 9.05. The molecule has 1 aliphatic carbocycles. The Morgan fingerprint density at radius 3 is 2.62 bits per heavy atom. The van der Waals surface area contributed by atoms with Gasteiger partial charge in [-0.2, -0.15) is 0 Å². The van der Waals surface area contributed by atoms with Crippen LogP contribution in [0.3, 0.4) is 0 Å². The van der Waals surface area contributed by atoms with E-state index in [1.54, 1.807) is 6.33 Å². The van der Waals surface area contributed by atoms with Gasteiger partial charge in [-0.1, -0.05) is 13.8 Å². The van der Waals surface area contributed by atoms with E-state index in [9.17, 15) is 5.11 Å². The SMILES string of the molecule is CC1(C)C[C@@H](O)C[C@@H](n2cnc3c(N4CCCC(N5CCCC5)C4)ncnc32)C1. The van der Waals surface area contributed by atoms with Crippen molar-refractivity contribution in [2.24, 2.45) is 5.41 Å². The number of aliphatic hydroxyl groups is 1. The van der Waals surface area contributed by atoms with Crippen molar-refractivity contribution in [1.29, 1.82) is 0 Å². The van der Waals surface area contributed by atoms with Crippen molar-refractivity contribution in [1.82, 2.24) is 24.4 Å². The Balaban J connectivity index is 1.43. The molecule has 3 fully saturated rings. The van der Waals surface area contributed by atoms with Gasteiger partial charge in [0.05, 0.1) is 12.4 Å². The number of imidazole rings is 1. The lowest BCUT2D eigenvalue weighted by atomic mass is 9.73. The van der Waals surface area contributed by atoms with Crippen LogP contribution in [0.5, 0.6) is 0 Å². The number of aliphatic hydroxyl groups excluding tert-OH is 1. The normalized spacial score (nSPS) is 30.9. The molecule has 2 aromatic heterocycles. The van der Waals surface area contributed by atoms with Gasteiger partial charge in [0, 0.05) is 25.2 Å². The van der Waals surface area contributed by atoms with E-state index in [1.165, 1.54) is 38.8 Å². The first-order valence-electron chi connectivity index (χ1n) is 11.3. The molecule has 3 aliphatic rings. The summed E-state index contributed by atoms with van der Waals surface area (Å²) in [6.07, 6.45) is 11.2. The lowest BCUT2D eigenvalue weighted by Gasteiger charge is -2.39. The van der Waals surface area contributed by atoms with Crippen LogP contribution in [0.4, 0.5) is 5.82 Å². The third-order valence-corrected chi connectivity index (χ3v) is 7.21. The van der Waals surface area contributed by atoms with Crippen LogP contribution in [-0.4, -0.2) is 67.9 Å². The first-order valence-corrected chi connectivity index (χ1v) is 11.3. The highest BCUT2D eigenvalue weighted by Crippen LogP contribution is 2.42. The van der Waals surface area contributed by atoms with E-state index in [0.717, 1.165) is 49.3 Å². The third-order valence-electron chi connectivity index (χ3n) is 7.21. The molecule has 0 aromatic carbocycles. The van der Waals surface area contributed by atoms with Crippen molar-refractivity contribution in [2.75, 3.05) is 31.1 Å². The van der Waals surface area contributed by atoms with Crippen LogP contribution < -0.4 is 4.90 Å². The van der Waals surface area contributed by atoms with E-state index < -0.39 is 0 Å². The van der Waals surface area contributed by atoms with Crippen LogP contribution >= 0.6 is 0 Å². The molecular formula is C22H34N6O.